The Bertz CT molecular complexity index is 665. The Labute approximate surface area is 253 Å². The number of carboxylic acids is 2. The molecule has 0 spiro atoms. The van der Waals surface area contributed by atoms with Gasteiger partial charge in [-0.1, -0.05) is 75.7 Å². The van der Waals surface area contributed by atoms with E-state index < -0.39 is 11.9 Å². The summed E-state index contributed by atoms with van der Waals surface area (Å²) in [5.41, 5.74) is 0. The quantitative estimate of drug-likeness (QED) is 0.0358. The molecule has 0 aliphatic rings. The number of nitrogens with zero attached hydrogens (tertiary/aromatic N) is 2. The molecule has 0 rings (SSSR count). The summed E-state index contributed by atoms with van der Waals surface area (Å²) in [6.45, 7) is 0.199. The molecule has 0 unspecified atom stereocenters. The van der Waals surface area contributed by atoms with Crippen LogP contribution in [0.25, 0.3) is 0 Å². The molecule has 0 aliphatic carbocycles. The van der Waals surface area contributed by atoms with Crippen molar-refractivity contribution in [3.63, 3.8) is 0 Å². The number of nitro groups is 2. The third-order valence-corrected chi connectivity index (χ3v) is 6.78. The normalized spacial score (nSPS) is 11.0. The lowest BCUT2D eigenvalue weighted by Crippen LogP contribution is -1.99. The highest BCUT2D eigenvalue weighted by Gasteiger charge is 1.98. The second-order valence-electron chi connectivity index (χ2n) is 10.9. The maximum absolute atomic E-state index is 10.3. The van der Waals surface area contributed by atoms with E-state index in [1.807, 2.05) is 0 Å². The fourth-order valence-electron chi connectivity index (χ4n) is 4.32. The lowest BCUT2D eigenvalue weighted by atomic mass is 10.1. The molecule has 244 valence electrons. The van der Waals surface area contributed by atoms with Crippen molar-refractivity contribution < 1.29 is 29.6 Å². The molecule has 0 radical (unpaired) electrons. The largest absolute Gasteiger partial charge is 0.481 e. The van der Waals surface area contributed by atoms with Gasteiger partial charge in [0.05, 0.1) is 0 Å². The van der Waals surface area contributed by atoms with E-state index in [4.69, 9.17) is 10.2 Å². The van der Waals surface area contributed by atoms with E-state index in [1.54, 1.807) is 0 Å². The second kappa shape index (κ2) is 34.4. The second-order valence-corrected chi connectivity index (χ2v) is 10.9. The van der Waals surface area contributed by atoms with Crippen molar-refractivity contribution in [2.24, 2.45) is 0 Å². The summed E-state index contributed by atoms with van der Waals surface area (Å²) in [4.78, 5) is 40.4. The first kappa shape index (κ1) is 41.4. The van der Waals surface area contributed by atoms with Crippen LogP contribution in [-0.4, -0.2) is 45.1 Å². The van der Waals surface area contributed by atoms with E-state index in [0.717, 1.165) is 103 Å². The first-order valence-electron chi connectivity index (χ1n) is 16.2. The van der Waals surface area contributed by atoms with Gasteiger partial charge in [-0.2, -0.15) is 0 Å². The number of carboxylic acid groups (broad SMARTS) is 2. The Morgan fingerprint density at radius 2 is 0.667 bits per heavy atom. The Morgan fingerprint density at radius 3 is 0.929 bits per heavy atom. The van der Waals surface area contributed by atoms with E-state index in [0.29, 0.717) is 25.7 Å². The van der Waals surface area contributed by atoms with E-state index in [2.05, 4.69) is 24.3 Å². The zero-order valence-electron chi connectivity index (χ0n) is 25.9. The van der Waals surface area contributed by atoms with E-state index in [-0.39, 0.29) is 22.9 Å². The summed E-state index contributed by atoms with van der Waals surface area (Å²) < 4.78 is 0. The van der Waals surface area contributed by atoms with Crippen LogP contribution in [0.5, 0.6) is 0 Å². The molecule has 0 aromatic rings. The molecular weight excluding hydrogens is 540 g/mol. The highest BCUT2D eigenvalue weighted by Crippen LogP contribution is 2.10. The standard InChI is InChI=1S/2C16H29NO4/c2*18-16(19)14-12-10-8-6-4-2-1-3-5-7-9-11-13-15-17(20)21/h2*1,3H,2,4-15H2,(H,18,19)/b2*3-1-. The number of aliphatic carboxylic acids is 2. The van der Waals surface area contributed by atoms with E-state index in [1.165, 1.54) is 25.7 Å². The molecule has 0 heterocycles. The Balaban J connectivity index is 0. The van der Waals surface area contributed by atoms with Gasteiger partial charge in [0.2, 0.25) is 13.1 Å². The van der Waals surface area contributed by atoms with Crippen molar-refractivity contribution >= 4 is 11.9 Å². The van der Waals surface area contributed by atoms with Crippen molar-refractivity contribution in [1.29, 1.82) is 0 Å². The Kier molecular flexibility index (Phi) is 33.9. The van der Waals surface area contributed by atoms with Crippen LogP contribution in [-0.2, 0) is 9.59 Å². The van der Waals surface area contributed by atoms with Gasteiger partial charge in [0, 0.05) is 35.5 Å². The van der Waals surface area contributed by atoms with Gasteiger partial charge in [-0.25, -0.2) is 0 Å². The lowest BCUT2D eigenvalue weighted by molar-refractivity contribution is -0.480. The summed E-state index contributed by atoms with van der Waals surface area (Å²) in [6, 6.07) is 0. The fraction of sp³-hybridized carbons (Fsp3) is 0.812. The maximum Gasteiger partial charge on any atom is 0.303 e. The summed E-state index contributed by atoms with van der Waals surface area (Å²) in [5, 5.41) is 37.2. The first-order chi connectivity index (χ1) is 20.3. The molecule has 0 atom stereocenters. The minimum atomic E-state index is -0.698. The van der Waals surface area contributed by atoms with Gasteiger partial charge < -0.3 is 10.2 Å². The first-order valence-corrected chi connectivity index (χ1v) is 16.2. The van der Waals surface area contributed by atoms with Gasteiger partial charge >= 0.3 is 11.9 Å². The molecule has 0 fully saturated rings. The van der Waals surface area contributed by atoms with Crippen molar-refractivity contribution in [3.05, 3.63) is 44.5 Å². The zero-order valence-corrected chi connectivity index (χ0v) is 25.9. The van der Waals surface area contributed by atoms with Crippen LogP contribution in [0.1, 0.15) is 154 Å². The van der Waals surface area contributed by atoms with Crippen molar-refractivity contribution in [1.82, 2.24) is 0 Å². The highest BCUT2D eigenvalue weighted by atomic mass is 16.6. The average molecular weight is 599 g/mol. The van der Waals surface area contributed by atoms with Crippen molar-refractivity contribution in [2.75, 3.05) is 13.1 Å². The van der Waals surface area contributed by atoms with Crippen molar-refractivity contribution in [3.8, 4) is 0 Å². The molecule has 2 N–H and O–H groups in total. The number of carbonyl (C=O) groups is 2. The highest BCUT2D eigenvalue weighted by molar-refractivity contribution is 5.66. The molecule has 0 saturated heterocycles. The van der Waals surface area contributed by atoms with Crippen LogP contribution in [0.3, 0.4) is 0 Å². The molecule has 10 nitrogen and oxygen atoms in total. The van der Waals surface area contributed by atoms with Crippen LogP contribution in [0.15, 0.2) is 24.3 Å². The number of hydrogen-bond donors (Lipinski definition) is 2. The number of allylic oxidation sites excluding steroid dienone is 4. The van der Waals surface area contributed by atoms with Gasteiger partial charge in [0.1, 0.15) is 0 Å². The van der Waals surface area contributed by atoms with Gasteiger partial charge in [0.15, 0.2) is 0 Å². The molecule has 0 amide bonds. The maximum atomic E-state index is 10.3. The number of rotatable bonds is 30. The minimum absolute atomic E-state index is 0.0995. The van der Waals surface area contributed by atoms with Crippen LogP contribution < -0.4 is 0 Å². The monoisotopic (exact) mass is 598 g/mol. The van der Waals surface area contributed by atoms with Gasteiger partial charge in [-0.3, -0.25) is 29.8 Å². The molecule has 10 heteroatoms. The van der Waals surface area contributed by atoms with Gasteiger partial charge in [0.25, 0.3) is 0 Å². The van der Waals surface area contributed by atoms with E-state index >= 15 is 0 Å². The fourth-order valence-corrected chi connectivity index (χ4v) is 4.32. The predicted octanol–water partition coefficient (Wildman–Crippen LogP) is 9.17. The summed E-state index contributed by atoms with van der Waals surface area (Å²) in [5.74, 6) is -1.40. The third kappa shape index (κ3) is 44.2. The smallest absolute Gasteiger partial charge is 0.303 e. The van der Waals surface area contributed by atoms with Crippen LogP contribution in [0.2, 0.25) is 0 Å². The van der Waals surface area contributed by atoms with Crippen LogP contribution in [0, 0.1) is 20.2 Å². The molecular formula is C32H58N2O8. The number of hydrogen-bond acceptors (Lipinski definition) is 6. The van der Waals surface area contributed by atoms with Gasteiger partial charge in [-0.05, 0) is 77.0 Å². The van der Waals surface area contributed by atoms with Crippen LogP contribution in [0.4, 0.5) is 0 Å². The average Bonchev–Trinajstić information content (AvgIpc) is 2.92. The van der Waals surface area contributed by atoms with Gasteiger partial charge in [-0.15, -0.1) is 0 Å². The predicted molar refractivity (Wildman–Crippen MR) is 168 cm³/mol. The SMILES string of the molecule is O=C(O)CCCCCCC/C=C\CCCCCC[N+](=O)[O-].O=C(O)CCCCCCC/C=C\CCCCCC[N+](=O)[O-]. The molecule has 0 saturated carbocycles. The molecule has 42 heavy (non-hydrogen) atoms. The molecule has 0 bridgehead atoms. The summed E-state index contributed by atoms with van der Waals surface area (Å²) in [6.07, 6.45) is 32.0. The molecule has 0 aliphatic heterocycles. The minimum Gasteiger partial charge on any atom is -0.481 e. The lowest BCUT2D eigenvalue weighted by Gasteiger charge is -1.98. The Hall–Kier alpha value is -2.78. The Morgan fingerprint density at radius 1 is 0.429 bits per heavy atom. The molecule has 0 aromatic carbocycles. The van der Waals surface area contributed by atoms with Crippen LogP contribution >= 0.6 is 0 Å². The summed E-state index contributed by atoms with van der Waals surface area (Å²) >= 11 is 0. The third-order valence-electron chi connectivity index (χ3n) is 6.78. The van der Waals surface area contributed by atoms with E-state index in [9.17, 15) is 29.8 Å². The number of unbranched alkanes of at least 4 members (excludes halogenated alkanes) is 18. The van der Waals surface area contributed by atoms with Crippen molar-refractivity contribution in [2.45, 2.75) is 154 Å². The summed E-state index contributed by atoms with van der Waals surface area (Å²) in [7, 11) is 0. The topological polar surface area (TPSA) is 161 Å². The zero-order chi connectivity index (χ0) is 31.5. The molecule has 0 aromatic heterocycles.